The van der Waals surface area contributed by atoms with Crippen LogP contribution in [0.3, 0.4) is 0 Å². The second-order valence-corrected chi connectivity index (χ2v) is 12.7. The number of rotatable bonds is 4. The number of hydrogen-bond donors (Lipinski definition) is 1. The van der Waals surface area contributed by atoms with Crippen molar-refractivity contribution in [2.75, 3.05) is 0 Å². The standard InChI is InChI=1S/C28H44O3/c1-18(2)19(3)7-8-20(4)22-9-10-23-25(22,5)13-12-24-26(6)14-11-21(29)17-27(26)15-16-28(23,24)31-30-27/h7-8,15-16,18-24,29H,9-14,17H2,1-6H3/t19?,20?,21?,22-,23-,24-,25+,26+,27+,28-/m0/s1. The Hall–Kier alpha value is -0.640. The van der Waals surface area contributed by atoms with Gasteiger partial charge >= 0.3 is 0 Å². The zero-order valence-electron chi connectivity index (χ0n) is 20.6. The van der Waals surface area contributed by atoms with E-state index in [1.54, 1.807) is 0 Å². The Bertz CT molecular complexity index is 772. The molecule has 1 saturated heterocycles. The monoisotopic (exact) mass is 428 g/mol. The Morgan fingerprint density at radius 1 is 0.903 bits per heavy atom. The first-order valence-electron chi connectivity index (χ1n) is 13.0. The van der Waals surface area contributed by atoms with Crippen LogP contribution < -0.4 is 0 Å². The fraction of sp³-hybridized carbons (Fsp3) is 0.857. The summed E-state index contributed by atoms with van der Waals surface area (Å²) in [5.41, 5.74) is -0.366. The molecule has 174 valence electrons. The van der Waals surface area contributed by atoms with Crippen LogP contribution in [0.25, 0.3) is 0 Å². The highest BCUT2D eigenvalue weighted by molar-refractivity contribution is 5.33. The molecule has 3 saturated carbocycles. The first-order chi connectivity index (χ1) is 14.6. The minimum Gasteiger partial charge on any atom is -0.393 e. The van der Waals surface area contributed by atoms with Crippen molar-refractivity contribution in [3.8, 4) is 0 Å². The average molecular weight is 429 g/mol. The number of fused-ring (bicyclic) bond motifs is 2. The van der Waals surface area contributed by atoms with Gasteiger partial charge in [-0.25, -0.2) is 9.78 Å². The molecule has 0 aromatic heterocycles. The predicted molar refractivity (Wildman–Crippen MR) is 124 cm³/mol. The van der Waals surface area contributed by atoms with Crippen molar-refractivity contribution in [2.24, 2.45) is 46.3 Å². The third-order valence-electron chi connectivity index (χ3n) is 11.1. The summed E-state index contributed by atoms with van der Waals surface area (Å²) < 4.78 is 0. The van der Waals surface area contributed by atoms with Gasteiger partial charge in [0.05, 0.1) is 6.10 Å². The molecule has 6 aliphatic rings. The molecule has 3 nitrogen and oxygen atoms in total. The number of hydrogen-bond acceptors (Lipinski definition) is 3. The van der Waals surface area contributed by atoms with E-state index in [0.717, 1.165) is 12.8 Å². The van der Waals surface area contributed by atoms with Gasteiger partial charge < -0.3 is 5.11 Å². The first kappa shape index (κ1) is 22.2. The molecule has 2 heterocycles. The zero-order chi connectivity index (χ0) is 22.2. The van der Waals surface area contributed by atoms with Gasteiger partial charge in [-0.05, 0) is 73.7 Å². The van der Waals surface area contributed by atoms with E-state index in [-0.39, 0.29) is 22.5 Å². The van der Waals surface area contributed by atoms with Crippen molar-refractivity contribution in [2.45, 2.75) is 104 Å². The third kappa shape index (κ3) is 2.88. The van der Waals surface area contributed by atoms with Crippen molar-refractivity contribution < 1.29 is 14.9 Å². The number of allylic oxidation sites excluding steroid dienone is 2. The van der Waals surface area contributed by atoms with Gasteiger partial charge in [0.2, 0.25) is 0 Å². The maximum Gasteiger partial charge on any atom is 0.130 e. The van der Waals surface area contributed by atoms with Crippen molar-refractivity contribution >= 4 is 0 Å². The Kier molecular flexibility index (Phi) is 5.13. The van der Waals surface area contributed by atoms with Gasteiger partial charge in [-0.1, -0.05) is 59.8 Å². The molecule has 2 aliphatic heterocycles. The van der Waals surface area contributed by atoms with Gasteiger partial charge in [0.1, 0.15) is 11.2 Å². The Morgan fingerprint density at radius 3 is 2.35 bits per heavy atom. The molecule has 6 rings (SSSR count). The highest BCUT2D eigenvalue weighted by atomic mass is 17.2. The lowest BCUT2D eigenvalue weighted by molar-refractivity contribution is -0.497. The van der Waals surface area contributed by atoms with Gasteiger partial charge in [-0.3, -0.25) is 0 Å². The fourth-order valence-electron chi connectivity index (χ4n) is 8.71. The van der Waals surface area contributed by atoms with Gasteiger partial charge in [-0.15, -0.1) is 0 Å². The van der Waals surface area contributed by atoms with Crippen LogP contribution in [-0.4, -0.2) is 22.4 Å². The van der Waals surface area contributed by atoms with Crippen LogP contribution >= 0.6 is 0 Å². The Labute approximate surface area is 189 Å². The normalized spacial score (nSPS) is 52.8. The molecule has 1 N–H and O–H groups in total. The second-order valence-electron chi connectivity index (χ2n) is 12.7. The summed E-state index contributed by atoms with van der Waals surface area (Å²) in [5, 5.41) is 10.4. The van der Waals surface area contributed by atoms with Crippen LogP contribution in [0, 0.1) is 46.3 Å². The molecule has 2 spiro atoms. The molecular weight excluding hydrogens is 384 g/mol. The van der Waals surface area contributed by atoms with Crippen molar-refractivity contribution in [1.82, 2.24) is 0 Å². The van der Waals surface area contributed by atoms with Crippen molar-refractivity contribution in [1.29, 1.82) is 0 Å². The van der Waals surface area contributed by atoms with Crippen LogP contribution in [0.4, 0.5) is 0 Å². The maximum absolute atomic E-state index is 10.4. The molecule has 4 aliphatic carbocycles. The van der Waals surface area contributed by atoms with E-state index in [1.807, 2.05) is 0 Å². The minimum atomic E-state index is -0.439. The van der Waals surface area contributed by atoms with Gasteiger partial charge in [0.25, 0.3) is 0 Å². The molecule has 2 bridgehead atoms. The topological polar surface area (TPSA) is 38.7 Å². The minimum absolute atomic E-state index is 0.0663. The summed E-state index contributed by atoms with van der Waals surface area (Å²) in [5.74, 6) is 3.64. The highest BCUT2D eigenvalue weighted by Gasteiger charge is 2.74. The second kappa shape index (κ2) is 7.18. The van der Waals surface area contributed by atoms with E-state index in [9.17, 15) is 5.11 Å². The van der Waals surface area contributed by atoms with Gasteiger partial charge in [-0.2, -0.15) is 0 Å². The summed E-state index contributed by atoms with van der Waals surface area (Å²) >= 11 is 0. The summed E-state index contributed by atoms with van der Waals surface area (Å²) in [7, 11) is 0. The van der Waals surface area contributed by atoms with E-state index in [0.29, 0.717) is 41.9 Å². The van der Waals surface area contributed by atoms with E-state index in [1.165, 1.54) is 25.7 Å². The molecular formula is C28H44O3. The van der Waals surface area contributed by atoms with E-state index >= 15 is 0 Å². The molecule has 31 heavy (non-hydrogen) atoms. The van der Waals surface area contributed by atoms with E-state index < -0.39 is 5.60 Å². The SMILES string of the molecule is CC(C)C(C)C=CC(C)[C@@H]1CC[C@H]2[C@]1(C)CC[C@@H]1[C@]23C=C[C@]2(CC(O)CC[C@]12C)OO3. The van der Waals surface area contributed by atoms with Crippen LogP contribution in [0.15, 0.2) is 24.3 Å². The average Bonchev–Trinajstić information content (AvgIpc) is 3.09. The van der Waals surface area contributed by atoms with Crippen LogP contribution in [0.1, 0.15) is 86.5 Å². The van der Waals surface area contributed by atoms with Gasteiger partial charge in [0.15, 0.2) is 0 Å². The smallest absolute Gasteiger partial charge is 0.130 e. The molecule has 0 aromatic rings. The molecule has 0 aromatic carbocycles. The largest absolute Gasteiger partial charge is 0.393 e. The van der Waals surface area contributed by atoms with Crippen LogP contribution in [0.5, 0.6) is 0 Å². The Morgan fingerprint density at radius 2 is 1.68 bits per heavy atom. The summed E-state index contributed by atoms with van der Waals surface area (Å²) in [6.07, 6.45) is 17.0. The molecule has 3 unspecified atom stereocenters. The first-order valence-corrected chi connectivity index (χ1v) is 13.0. The fourth-order valence-corrected chi connectivity index (χ4v) is 8.71. The quantitative estimate of drug-likeness (QED) is 0.412. The lowest BCUT2D eigenvalue weighted by atomic mass is 9.43. The maximum atomic E-state index is 10.4. The summed E-state index contributed by atoms with van der Waals surface area (Å²) in [6, 6.07) is 0. The van der Waals surface area contributed by atoms with Crippen molar-refractivity contribution in [3.63, 3.8) is 0 Å². The highest BCUT2D eigenvalue weighted by Crippen LogP contribution is 2.72. The van der Waals surface area contributed by atoms with E-state index in [4.69, 9.17) is 9.78 Å². The molecule has 0 radical (unpaired) electrons. The lowest BCUT2D eigenvalue weighted by Crippen LogP contribution is -2.73. The zero-order valence-corrected chi connectivity index (χ0v) is 20.6. The van der Waals surface area contributed by atoms with E-state index in [2.05, 4.69) is 65.8 Å². The Balaban J connectivity index is 1.45. The molecule has 4 fully saturated rings. The summed E-state index contributed by atoms with van der Waals surface area (Å²) in [4.78, 5) is 12.8. The van der Waals surface area contributed by atoms with Crippen molar-refractivity contribution in [3.05, 3.63) is 24.3 Å². The summed E-state index contributed by atoms with van der Waals surface area (Å²) in [6.45, 7) is 14.4. The number of aliphatic hydroxyl groups is 1. The van der Waals surface area contributed by atoms with Crippen LogP contribution in [-0.2, 0) is 9.78 Å². The molecule has 3 heteroatoms. The van der Waals surface area contributed by atoms with Crippen LogP contribution in [0.2, 0.25) is 0 Å². The number of aliphatic hydroxyl groups excluding tert-OH is 1. The molecule has 10 atom stereocenters. The van der Waals surface area contributed by atoms with Gasteiger partial charge in [0, 0.05) is 23.7 Å². The lowest BCUT2D eigenvalue weighted by Gasteiger charge is -2.69. The molecule has 0 amide bonds. The predicted octanol–water partition coefficient (Wildman–Crippen LogP) is 6.47. The third-order valence-corrected chi connectivity index (χ3v) is 11.1.